The number of aromatic nitrogens is 1. The zero-order valence-corrected chi connectivity index (χ0v) is 19.2. The maximum atomic E-state index is 10.9. The number of nitriles is 1. The molecular formula is C26H24N2O5S. The van der Waals surface area contributed by atoms with Gasteiger partial charge in [0.05, 0.1) is 17.9 Å². The molecule has 2 aromatic carbocycles. The van der Waals surface area contributed by atoms with Gasteiger partial charge in [0.15, 0.2) is 6.23 Å². The Labute approximate surface area is 201 Å². The van der Waals surface area contributed by atoms with Crippen LogP contribution in [0.15, 0.2) is 48.5 Å². The van der Waals surface area contributed by atoms with Crippen LogP contribution < -0.4 is 0 Å². The Hall–Kier alpha value is -2.90. The summed E-state index contributed by atoms with van der Waals surface area (Å²) in [5.41, 5.74) is 6.44. The van der Waals surface area contributed by atoms with Gasteiger partial charge in [-0.05, 0) is 23.6 Å². The standard InChI is InChI=1S/C26H24N2O5S/c1-13-6-8-14(9-7-13)20-17-10-15-4-2-3-5-16(15)21(17)28(26(34)18(20)11-27)25-24(32)23(31)22(30)19(12-29)33-25/h2-9,19,22-25,29-32H,10,12H2,1H3/t19-,22+,23-,24-,25-/m1/s1. The Morgan fingerprint density at radius 3 is 2.44 bits per heavy atom. The van der Waals surface area contributed by atoms with Crippen LogP contribution in [0.25, 0.3) is 22.4 Å². The van der Waals surface area contributed by atoms with Crippen molar-refractivity contribution in [1.82, 2.24) is 4.57 Å². The second-order valence-electron chi connectivity index (χ2n) is 8.78. The molecule has 1 aliphatic carbocycles. The highest BCUT2D eigenvalue weighted by Crippen LogP contribution is 2.46. The molecule has 0 radical (unpaired) electrons. The molecule has 0 bridgehead atoms. The molecule has 5 rings (SSSR count). The number of fused-ring (bicyclic) bond motifs is 3. The van der Waals surface area contributed by atoms with E-state index in [0.29, 0.717) is 12.1 Å². The SMILES string of the molecule is Cc1ccc(-c2c3c(n([C@@H]4O[C@H](CO)[C@H](O)[C@@H](O)[C@H]4O)c(=S)c2C#N)-c2ccccc2C3)cc1. The van der Waals surface area contributed by atoms with Crippen LogP contribution in [0.5, 0.6) is 0 Å². The lowest BCUT2D eigenvalue weighted by Crippen LogP contribution is -2.56. The number of hydrogen-bond donors (Lipinski definition) is 4. The number of ether oxygens (including phenoxy) is 1. The monoisotopic (exact) mass is 476 g/mol. The fraction of sp³-hybridized carbons (Fsp3) is 0.308. The first-order valence-corrected chi connectivity index (χ1v) is 11.5. The lowest BCUT2D eigenvalue weighted by Gasteiger charge is -2.41. The zero-order valence-electron chi connectivity index (χ0n) is 18.4. The Morgan fingerprint density at radius 2 is 1.76 bits per heavy atom. The summed E-state index contributed by atoms with van der Waals surface area (Å²) < 4.78 is 7.59. The molecule has 0 saturated carbocycles. The Kier molecular flexibility index (Phi) is 5.86. The van der Waals surface area contributed by atoms with Gasteiger partial charge in [-0.2, -0.15) is 5.26 Å². The van der Waals surface area contributed by atoms with E-state index in [2.05, 4.69) is 6.07 Å². The second-order valence-corrected chi connectivity index (χ2v) is 9.17. The highest BCUT2D eigenvalue weighted by atomic mass is 32.1. The smallest absolute Gasteiger partial charge is 0.164 e. The predicted octanol–water partition coefficient (Wildman–Crippen LogP) is 2.61. The van der Waals surface area contributed by atoms with Crippen LogP contribution in [-0.4, -0.2) is 56.0 Å². The molecule has 1 fully saturated rings. The summed E-state index contributed by atoms with van der Waals surface area (Å²) in [5, 5.41) is 51.5. The van der Waals surface area contributed by atoms with E-state index < -0.39 is 37.3 Å². The Bertz CT molecular complexity index is 1360. The molecule has 34 heavy (non-hydrogen) atoms. The van der Waals surface area contributed by atoms with Gasteiger partial charge in [-0.3, -0.25) is 0 Å². The van der Waals surface area contributed by atoms with Crippen molar-refractivity contribution in [2.75, 3.05) is 6.61 Å². The molecule has 1 aliphatic heterocycles. The van der Waals surface area contributed by atoms with Crippen LogP contribution in [0.1, 0.15) is 28.5 Å². The second kappa shape index (κ2) is 8.71. The van der Waals surface area contributed by atoms with Crippen LogP contribution in [-0.2, 0) is 11.2 Å². The molecule has 8 heteroatoms. The highest BCUT2D eigenvalue weighted by Gasteiger charge is 2.46. The highest BCUT2D eigenvalue weighted by molar-refractivity contribution is 7.71. The third-order valence-electron chi connectivity index (χ3n) is 6.72. The fourth-order valence-corrected chi connectivity index (χ4v) is 5.33. The molecule has 1 saturated heterocycles. The third kappa shape index (κ3) is 3.41. The molecule has 7 nitrogen and oxygen atoms in total. The molecule has 0 amide bonds. The number of aliphatic hydroxyl groups is 4. The molecule has 0 spiro atoms. The van der Waals surface area contributed by atoms with Crippen LogP contribution in [0.4, 0.5) is 0 Å². The van der Waals surface area contributed by atoms with Crippen LogP contribution in [0.2, 0.25) is 0 Å². The number of nitrogens with zero attached hydrogens (tertiary/aromatic N) is 2. The van der Waals surface area contributed by atoms with Gasteiger partial charge in [0.25, 0.3) is 0 Å². The van der Waals surface area contributed by atoms with E-state index in [1.807, 2.05) is 55.5 Å². The minimum absolute atomic E-state index is 0.151. The molecule has 3 aromatic rings. The van der Waals surface area contributed by atoms with E-state index in [9.17, 15) is 25.7 Å². The van der Waals surface area contributed by atoms with E-state index in [-0.39, 0.29) is 10.2 Å². The minimum atomic E-state index is -1.56. The summed E-state index contributed by atoms with van der Waals surface area (Å²) in [4.78, 5) is 0. The lowest BCUT2D eigenvalue weighted by molar-refractivity contribution is -0.251. The number of aliphatic hydroxyl groups excluding tert-OH is 4. The number of benzene rings is 2. The quantitative estimate of drug-likeness (QED) is 0.336. The summed E-state index contributed by atoms with van der Waals surface area (Å²) >= 11 is 5.79. The van der Waals surface area contributed by atoms with Gasteiger partial charge in [0.1, 0.15) is 35.1 Å². The van der Waals surface area contributed by atoms with Gasteiger partial charge in [0.2, 0.25) is 0 Å². The van der Waals surface area contributed by atoms with E-state index in [1.165, 1.54) is 0 Å². The Morgan fingerprint density at radius 1 is 1.06 bits per heavy atom. The lowest BCUT2D eigenvalue weighted by atomic mass is 9.92. The van der Waals surface area contributed by atoms with Gasteiger partial charge in [-0.25, -0.2) is 0 Å². The molecule has 5 atom stereocenters. The molecule has 0 unspecified atom stereocenters. The Balaban J connectivity index is 1.83. The largest absolute Gasteiger partial charge is 0.394 e. The predicted molar refractivity (Wildman–Crippen MR) is 127 cm³/mol. The van der Waals surface area contributed by atoms with E-state index in [1.54, 1.807) is 4.57 Å². The van der Waals surface area contributed by atoms with Gasteiger partial charge in [-0.15, -0.1) is 0 Å². The van der Waals surface area contributed by atoms with Gasteiger partial charge < -0.3 is 29.7 Å². The van der Waals surface area contributed by atoms with E-state index in [0.717, 1.165) is 33.4 Å². The van der Waals surface area contributed by atoms with Crippen molar-refractivity contribution < 1.29 is 25.2 Å². The van der Waals surface area contributed by atoms with Crippen molar-refractivity contribution in [2.24, 2.45) is 0 Å². The average Bonchev–Trinajstić information content (AvgIpc) is 3.22. The molecule has 2 aliphatic rings. The maximum absolute atomic E-state index is 10.9. The van der Waals surface area contributed by atoms with Crippen LogP contribution >= 0.6 is 12.2 Å². The van der Waals surface area contributed by atoms with Gasteiger partial charge >= 0.3 is 0 Å². The zero-order chi connectivity index (χ0) is 24.1. The first-order valence-electron chi connectivity index (χ1n) is 11.0. The number of rotatable bonds is 3. The summed E-state index contributed by atoms with van der Waals surface area (Å²) in [6.07, 6.45) is -6.34. The first kappa shape index (κ1) is 22.9. The van der Waals surface area contributed by atoms with Gasteiger partial charge in [-0.1, -0.05) is 66.3 Å². The maximum Gasteiger partial charge on any atom is 0.164 e. The molecule has 4 N–H and O–H groups in total. The summed E-state index contributed by atoms with van der Waals surface area (Å²) in [6, 6.07) is 17.9. The average molecular weight is 477 g/mol. The molecule has 174 valence electrons. The van der Waals surface area contributed by atoms with Crippen molar-refractivity contribution in [3.8, 4) is 28.5 Å². The molecule has 1 aromatic heterocycles. The van der Waals surface area contributed by atoms with Crippen molar-refractivity contribution in [1.29, 1.82) is 5.26 Å². The molecule has 2 heterocycles. The van der Waals surface area contributed by atoms with Crippen molar-refractivity contribution >= 4 is 12.2 Å². The van der Waals surface area contributed by atoms with Crippen molar-refractivity contribution in [3.63, 3.8) is 0 Å². The van der Waals surface area contributed by atoms with E-state index >= 15 is 0 Å². The van der Waals surface area contributed by atoms with E-state index in [4.69, 9.17) is 17.0 Å². The summed E-state index contributed by atoms with van der Waals surface area (Å²) in [5.74, 6) is 0. The third-order valence-corrected chi connectivity index (χ3v) is 7.13. The van der Waals surface area contributed by atoms with Crippen molar-refractivity contribution in [3.05, 3.63) is 75.4 Å². The number of hydrogen-bond acceptors (Lipinski definition) is 7. The summed E-state index contributed by atoms with van der Waals surface area (Å²) in [6.45, 7) is 1.44. The normalized spacial score (nSPS) is 25.5. The molecular weight excluding hydrogens is 452 g/mol. The fourth-order valence-electron chi connectivity index (χ4n) is 4.98. The topological polar surface area (TPSA) is 119 Å². The van der Waals surface area contributed by atoms with Crippen LogP contribution in [0, 0.1) is 22.9 Å². The number of aryl methyl sites for hydroxylation is 1. The minimum Gasteiger partial charge on any atom is -0.394 e. The first-order chi connectivity index (χ1) is 16.4. The number of pyridine rings is 1. The van der Waals surface area contributed by atoms with Gasteiger partial charge in [0, 0.05) is 17.5 Å². The summed E-state index contributed by atoms with van der Waals surface area (Å²) in [7, 11) is 0. The van der Waals surface area contributed by atoms with Crippen LogP contribution in [0.3, 0.4) is 0 Å². The van der Waals surface area contributed by atoms with Crippen molar-refractivity contribution in [2.45, 2.75) is 44.0 Å².